The van der Waals surface area contributed by atoms with E-state index in [0.29, 0.717) is 11.3 Å². The molecule has 1 saturated carbocycles. The normalized spacial score (nSPS) is 25.5. The van der Waals surface area contributed by atoms with Crippen LogP contribution in [0.2, 0.25) is 0 Å². The van der Waals surface area contributed by atoms with Gasteiger partial charge in [0, 0.05) is 43.1 Å². The maximum atomic E-state index is 13.3. The quantitative estimate of drug-likeness (QED) is 0.620. The molecule has 3 heterocycles. The maximum Gasteiger partial charge on any atom is 0.229 e. The summed E-state index contributed by atoms with van der Waals surface area (Å²) in [4.78, 5) is 23.5. The van der Waals surface area contributed by atoms with Crippen LogP contribution in [0.4, 0.5) is 5.69 Å². The second-order valence-electron chi connectivity index (χ2n) is 10.8. The standard InChI is InChI=1S/C26H33N5O2/c1-14-9-19-20(11-22(14)31(4)25(32)15(2)16-5-7-33-8-6-16)28-24(27-19)23-18-10-17-12-26(17,3)13-21(18)29-30-23/h9,11,15-17H,5-8,10,12-13H2,1-4H3,(H,27,28)(H,29,30)/t15?,17-,26-/m1/s1. The Morgan fingerprint density at radius 2 is 2.09 bits per heavy atom. The maximum absolute atomic E-state index is 13.3. The van der Waals surface area contributed by atoms with Crippen LogP contribution in [-0.4, -0.2) is 46.3 Å². The Labute approximate surface area is 194 Å². The van der Waals surface area contributed by atoms with Crippen LogP contribution in [0.25, 0.3) is 22.6 Å². The number of anilines is 1. The Morgan fingerprint density at radius 1 is 1.30 bits per heavy atom. The van der Waals surface area contributed by atoms with E-state index < -0.39 is 0 Å². The van der Waals surface area contributed by atoms with Gasteiger partial charge in [0.15, 0.2) is 5.82 Å². The van der Waals surface area contributed by atoms with E-state index in [0.717, 1.165) is 78.6 Å². The number of H-pyrrole nitrogens is 2. The third-order valence-electron chi connectivity index (χ3n) is 8.60. The van der Waals surface area contributed by atoms with E-state index in [-0.39, 0.29) is 11.8 Å². The summed E-state index contributed by atoms with van der Waals surface area (Å²) in [5.41, 5.74) is 7.84. The fraction of sp³-hybridized carbons (Fsp3) is 0.577. The van der Waals surface area contributed by atoms with Gasteiger partial charge in [-0.05, 0) is 74.0 Å². The molecule has 1 aliphatic heterocycles. The number of amides is 1. The molecule has 0 bridgehead atoms. The van der Waals surface area contributed by atoms with Gasteiger partial charge in [0.25, 0.3) is 0 Å². The Bertz CT molecular complexity index is 1240. The number of rotatable bonds is 4. The van der Waals surface area contributed by atoms with Crippen molar-refractivity contribution in [3.05, 3.63) is 29.0 Å². The minimum absolute atomic E-state index is 0.0209. The molecule has 1 saturated heterocycles. The van der Waals surface area contributed by atoms with Crippen molar-refractivity contribution in [2.24, 2.45) is 23.2 Å². The lowest BCUT2D eigenvalue weighted by Crippen LogP contribution is -2.37. The second-order valence-corrected chi connectivity index (χ2v) is 10.8. The lowest BCUT2D eigenvalue weighted by molar-refractivity contribution is -0.124. The molecule has 0 radical (unpaired) electrons. The first-order chi connectivity index (χ1) is 15.8. The van der Waals surface area contributed by atoms with Crippen molar-refractivity contribution in [3.8, 4) is 11.5 Å². The van der Waals surface area contributed by atoms with Gasteiger partial charge in [-0.15, -0.1) is 0 Å². The van der Waals surface area contributed by atoms with Gasteiger partial charge in [0.1, 0.15) is 5.69 Å². The minimum atomic E-state index is -0.0209. The number of hydrogen-bond acceptors (Lipinski definition) is 4. The summed E-state index contributed by atoms with van der Waals surface area (Å²) in [6, 6.07) is 4.14. The summed E-state index contributed by atoms with van der Waals surface area (Å²) in [6.07, 6.45) is 5.39. The molecule has 2 fully saturated rings. The van der Waals surface area contributed by atoms with Crippen LogP contribution in [0.5, 0.6) is 0 Å². The van der Waals surface area contributed by atoms with E-state index in [1.54, 1.807) is 0 Å². The molecule has 2 aliphatic carbocycles. The van der Waals surface area contributed by atoms with Gasteiger partial charge in [0.05, 0.1) is 11.0 Å². The molecule has 7 heteroatoms. The number of benzene rings is 1. The predicted octanol–water partition coefficient (Wildman–Crippen LogP) is 4.41. The van der Waals surface area contributed by atoms with Crippen LogP contribution < -0.4 is 4.90 Å². The van der Waals surface area contributed by atoms with E-state index in [9.17, 15) is 4.79 Å². The monoisotopic (exact) mass is 447 g/mol. The smallest absolute Gasteiger partial charge is 0.229 e. The highest BCUT2D eigenvalue weighted by atomic mass is 16.5. The number of nitrogens with zero attached hydrogens (tertiary/aromatic N) is 3. The molecule has 1 unspecified atom stereocenters. The fourth-order valence-electron chi connectivity index (χ4n) is 6.12. The molecule has 1 aromatic carbocycles. The van der Waals surface area contributed by atoms with Crippen LogP contribution in [0, 0.1) is 30.1 Å². The third-order valence-corrected chi connectivity index (χ3v) is 8.60. The van der Waals surface area contributed by atoms with Crippen LogP contribution >= 0.6 is 0 Å². The first kappa shape index (κ1) is 20.9. The molecule has 6 rings (SSSR count). The molecule has 2 N–H and O–H groups in total. The molecule has 2 aromatic heterocycles. The average molecular weight is 448 g/mol. The highest BCUT2D eigenvalue weighted by molar-refractivity contribution is 5.97. The number of aromatic amines is 2. The molecule has 0 spiro atoms. The van der Waals surface area contributed by atoms with Crippen LogP contribution in [-0.2, 0) is 22.4 Å². The van der Waals surface area contributed by atoms with Gasteiger partial charge >= 0.3 is 0 Å². The topological polar surface area (TPSA) is 86.9 Å². The number of aromatic nitrogens is 4. The van der Waals surface area contributed by atoms with Crippen molar-refractivity contribution in [1.82, 2.24) is 20.2 Å². The van der Waals surface area contributed by atoms with E-state index in [1.165, 1.54) is 17.7 Å². The summed E-state index contributed by atoms with van der Waals surface area (Å²) in [6.45, 7) is 8.00. The predicted molar refractivity (Wildman–Crippen MR) is 128 cm³/mol. The number of aryl methyl sites for hydroxylation is 1. The third kappa shape index (κ3) is 3.39. The van der Waals surface area contributed by atoms with Gasteiger partial charge in [-0.3, -0.25) is 9.89 Å². The summed E-state index contributed by atoms with van der Waals surface area (Å²) >= 11 is 0. The number of carbonyl (C=O) groups is 1. The van der Waals surface area contributed by atoms with E-state index >= 15 is 0 Å². The van der Waals surface area contributed by atoms with Crippen LogP contribution in [0.1, 0.15) is 49.9 Å². The Hall–Kier alpha value is -2.67. The highest BCUT2D eigenvalue weighted by Crippen LogP contribution is 2.59. The van der Waals surface area contributed by atoms with Crippen molar-refractivity contribution in [2.45, 2.75) is 52.9 Å². The lowest BCUT2D eigenvalue weighted by atomic mass is 9.86. The van der Waals surface area contributed by atoms with Gasteiger partial charge in [-0.2, -0.15) is 5.10 Å². The molecule has 7 nitrogen and oxygen atoms in total. The number of hydrogen-bond donors (Lipinski definition) is 2. The number of imidazole rings is 1. The van der Waals surface area contributed by atoms with E-state index in [2.05, 4.69) is 42.0 Å². The molecule has 3 atom stereocenters. The van der Waals surface area contributed by atoms with Crippen molar-refractivity contribution >= 4 is 22.6 Å². The van der Waals surface area contributed by atoms with E-state index in [1.807, 2.05) is 18.0 Å². The van der Waals surface area contributed by atoms with Gasteiger partial charge in [-0.1, -0.05) is 13.8 Å². The molecule has 33 heavy (non-hydrogen) atoms. The van der Waals surface area contributed by atoms with Gasteiger partial charge in [0.2, 0.25) is 5.91 Å². The summed E-state index contributed by atoms with van der Waals surface area (Å²) < 4.78 is 5.48. The van der Waals surface area contributed by atoms with Crippen LogP contribution in [0.15, 0.2) is 12.1 Å². The lowest BCUT2D eigenvalue weighted by Gasteiger charge is -2.30. The number of ether oxygens (including phenoxy) is 1. The van der Waals surface area contributed by atoms with Crippen molar-refractivity contribution in [2.75, 3.05) is 25.2 Å². The Kier molecular flexibility index (Phi) is 4.70. The summed E-state index contributed by atoms with van der Waals surface area (Å²) in [5, 5.41) is 7.92. The molecule has 1 amide bonds. The first-order valence-corrected chi connectivity index (χ1v) is 12.3. The van der Waals surface area contributed by atoms with Crippen molar-refractivity contribution < 1.29 is 9.53 Å². The minimum Gasteiger partial charge on any atom is -0.381 e. The fourth-order valence-corrected chi connectivity index (χ4v) is 6.12. The van der Waals surface area contributed by atoms with Crippen molar-refractivity contribution in [3.63, 3.8) is 0 Å². The highest BCUT2D eigenvalue weighted by Gasteiger charge is 2.53. The number of nitrogens with one attached hydrogen (secondary N) is 2. The number of fused-ring (bicyclic) bond motifs is 3. The Balaban J connectivity index is 1.29. The molecule has 174 valence electrons. The van der Waals surface area contributed by atoms with Crippen molar-refractivity contribution in [1.29, 1.82) is 0 Å². The zero-order chi connectivity index (χ0) is 22.9. The summed E-state index contributed by atoms with van der Waals surface area (Å²) in [5.74, 6) is 2.11. The zero-order valence-electron chi connectivity index (χ0n) is 20.0. The van der Waals surface area contributed by atoms with Gasteiger partial charge in [-0.25, -0.2) is 4.98 Å². The van der Waals surface area contributed by atoms with E-state index in [4.69, 9.17) is 9.72 Å². The van der Waals surface area contributed by atoms with Gasteiger partial charge < -0.3 is 14.6 Å². The molecule has 3 aromatic rings. The number of carbonyl (C=O) groups excluding carboxylic acids is 1. The molecular formula is C26H33N5O2. The molecular weight excluding hydrogens is 414 g/mol. The van der Waals surface area contributed by atoms with Crippen LogP contribution in [0.3, 0.4) is 0 Å². The largest absolute Gasteiger partial charge is 0.381 e. The SMILES string of the molecule is Cc1cc2[nH]c(-c3n[nH]c4c3C[C@@H]3C[C@]3(C)C4)nc2cc1N(C)C(=O)C(C)C1CCOCC1. The first-order valence-electron chi connectivity index (χ1n) is 12.3. The summed E-state index contributed by atoms with van der Waals surface area (Å²) in [7, 11) is 1.89. The Morgan fingerprint density at radius 3 is 2.88 bits per heavy atom. The second kappa shape index (κ2) is 7.42. The average Bonchev–Trinajstić information content (AvgIpc) is 3.10. The zero-order valence-corrected chi connectivity index (χ0v) is 20.0. The molecule has 3 aliphatic rings.